The molecule has 0 unspecified atom stereocenters. The van der Waals surface area contributed by atoms with E-state index in [9.17, 15) is 0 Å². The van der Waals surface area contributed by atoms with Gasteiger partial charge in [-0.25, -0.2) is 0 Å². The number of benzene rings is 1. The maximum atomic E-state index is 4.37. The van der Waals surface area contributed by atoms with Gasteiger partial charge in [0.15, 0.2) is 0 Å². The number of nitrogens with one attached hydrogen (secondary N) is 1. The van der Waals surface area contributed by atoms with E-state index in [4.69, 9.17) is 0 Å². The lowest BCUT2D eigenvalue weighted by Crippen LogP contribution is -2.49. The molecule has 0 spiro atoms. The third-order valence-electron chi connectivity index (χ3n) is 5.60. The van der Waals surface area contributed by atoms with E-state index < -0.39 is 0 Å². The molecule has 0 aliphatic heterocycles. The Balaban J connectivity index is 0.00000176. The third-order valence-corrected chi connectivity index (χ3v) is 5.60. The Bertz CT molecular complexity index is 658. The minimum atomic E-state index is 0.963. The van der Waals surface area contributed by atoms with Crippen LogP contribution >= 0.6 is 0 Å². The second kappa shape index (κ2) is 11.1. The molecular formula is C25H41N2+. The molecule has 2 nitrogen and oxygen atoms in total. The number of hydrogen-bond acceptors (Lipinski definition) is 1. The van der Waals surface area contributed by atoms with E-state index in [1.54, 1.807) is 0 Å². The highest BCUT2D eigenvalue weighted by atomic mass is 15.4. The lowest BCUT2D eigenvalue weighted by molar-refractivity contribution is -0.933. The summed E-state index contributed by atoms with van der Waals surface area (Å²) in [6.45, 7) is 23.8. The summed E-state index contributed by atoms with van der Waals surface area (Å²) in [6.07, 6.45) is 4.64. The van der Waals surface area contributed by atoms with E-state index in [0.717, 1.165) is 49.2 Å². The maximum absolute atomic E-state index is 4.37. The minimum Gasteiger partial charge on any atom is -0.355 e. The van der Waals surface area contributed by atoms with Crippen molar-refractivity contribution in [3.05, 3.63) is 70.6 Å². The smallest absolute Gasteiger partial charge is 0.119 e. The van der Waals surface area contributed by atoms with Gasteiger partial charge in [-0.15, -0.1) is 0 Å². The number of rotatable bonds is 8. The quantitative estimate of drug-likeness (QED) is 0.516. The van der Waals surface area contributed by atoms with Crippen LogP contribution in [0.25, 0.3) is 0 Å². The Hall–Kier alpha value is -1.80. The highest BCUT2D eigenvalue weighted by Crippen LogP contribution is 2.24. The highest BCUT2D eigenvalue weighted by molar-refractivity contribution is 5.37. The normalized spacial score (nSPS) is 14.3. The molecule has 2 rings (SSSR count). The molecule has 2 heteroatoms. The monoisotopic (exact) mass is 369 g/mol. The molecule has 0 saturated carbocycles. The topological polar surface area (TPSA) is 12.0 Å². The van der Waals surface area contributed by atoms with Crippen LogP contribution in [0.3, 0.4) is 0 Å². The first-order chi connectivity index (χ1) is 12.9. The molecule has 0 amide bonds. The van der Waals surface area contributed by atoms with E-state index in [1.807, 2.05) is 13.8 Å². The summed E-state index contributed by atoms with van der Waals surface area (Å²) in [7, 11) is 0. The molecule has 1 aliphatic rings. The predicted octanol–water partition coefficient (Wildman–Crippen LogP) is 6.50. The van der Waals surface area contributed by atoms with Crippen molar-refractivity contribution in [2.24, 2.45) is 0 Å². The van der Waals surface area contributed by atoms with Gasteiger partial charge in [0.1, 0.15) is 13.1 Å². The standard InChI is InChI=1S/C23H35N2.C2H6/c1-7-25(8-2,17-22-14-12-18(3)13-15-22)16-21(6)24-23-19(4)10-9-11-20(23)5;1-2/h10,12-15,24H,6-9,11,16-17H2,1-5H3;1-2H3/q+1;. The summed E-state index contributed by atoms with van der Waals surface area (Å²) < 4.78 is 1.03. The van der Waals surface area contributed by atoms with Gasteiger partial charge in [0, 0.05) is 11.3 Å². The van der Waals surface area contributed by atoms with E-state index in [1.165, 1.54) is 28.0 Å². The Kier molecular flexibility index (Phi) is 9.59. The lowest BCUT2D eigenvalue weighted by atomic mass is 9.97. The highest BCUT2D eigenvalue weighted by Gasteiger charge is 2.25. The van der Waals surface area contributed by atoms with E-state index in [-0.39, 0.29) is 0 Å². The Morgan fingerprint density at radius 1 is 1.04 bits per heavy atom. The van der Waals surface area contributed by atoms with Crippen molar-refractivity contribution < 1.29 is 4.48 Å². The van der Waals surface area contributed by atoms with Crippen LogP contribution in [0.1, 0.15) is 65.5 Å². The molecular weight excluding hydrogens is 328 g/mol. The summed E-state index contributed by atoms with van der Waals surface area (Å²) in [5.74, 6) is 0. The number of allylic oxidation sites excluding steroid dienone is 3. The first-order valence-corrected chi connectivity index (χ1v) is 10.6. The summed E-state index contributed by atoms with van der Waals surface area (Å²) >= 11 is 0. The number of hydrogen-bond donors (Lipinski definition) is 1. The molecule has 1 aromatic carbocycles. The van der Waals surface area contributed by atoms with Gasteiger partial charge in [-0.2, -0.15) is 0 Å². The van der Waals surface area contributed by atoms with Gasteiger partial charge in [0.05, 0.1) is 18.8 Å². The number of quaternary nitrogens is 1. The zero-order valence-corrected chi connectivity index (χ0v) is 18.8. The SMILES string of the molecule is C=C(C[N+](CC)(CC)Cc1ccc(C)cc1)NC1=C(C)CCC=C1C.CC. The van der Waals surface area contributed by atoms with Crippen LogP contribution in [-0.2, 0) is 6.54 Å². The second-order valence-corrected chi connectivity index (χ2v) is 7.59. The van der Waals surface area contributed by atoms with Crippen molar-refractivity contribution in [2.75, 3.05) is 19.6 Å². The van der Waals surface area contributed by atoms with Crippen LogP contribution < -0.4 is 5.32 Å². The van der Waals surface area contributed by atoms with Gasteiger partial charge in [0.25, 0.3) is 0 Å². The summed E-state index contributed by atoms with van der Waals surface area (Å²) in [4.78, 5) is 0. The molecule has 0 heterocycles. The molecule has 27 heavy (non-hydrogen) atoms. The molecule has 0 aromatic heterocycles. The fourth-order valence-electron chi connectivity index (χ4n) is 3.70. The van der Waals surface area contributed by atoms with Crippen LogP contribution in [-0.4, -0.2) is 24.1 Å². The van der Waals surface area contributed by atoms with Crippen LogP contribution in [0.15, 0.2) is 59.5 Å². The van der Waals surface area contributed by atoms with Crippen LogP contribution in [0, 0.1) is 6.92 Å². The average Bonchev–Trinajstić information content (AvgIpc) is 2.67. The van der Waals surface area contributed by atoms with Crippen molar-refractivity contribution in [1.29, 1.82) is 0 Å². The number of likely N-dealkylation sites (N-methyl/N-ethyl adjacent to an activating group) is 1. The van der Waals surface area contributed by atoms with Gasteiger partial charge in [-0.05, 0) is 58.6 Å². The Labute approximate surface area is 168 Å². The molecule has 1 aliphatic carbocycles. The van der Waals surface area contributed by atoms with Gasteiger partial charge in [-0.3, -0.25) is 0 Å². The zero-order chi connectivity index (χ0) is 20.4. The number of aryl methyl sites for hydroxylation is 1. The summed E-state index contributed by atoms with van der Waals surface area (Å²) in [5, 5.41) is 3.64. The Morgan fingerprint density at radius 3 is 2.15 bits per heavy atom. The van der Waals surface area contributed by atoms with Gasteiger partial charge >= 0.3 is 0 Å². The average molecular weight is 370 g/mol. The first-order valence-electron chi connectivity index (χ1n) is 10.6. The molecule has 1 aromatic rings. The minimum absolute atomic E-state index is 0.963. The van der Waals surface area contributed by atoms with Gasteiger partial charge in [-0.1, -0.05) is 56.3 Å². The fraction of sp³-hybridized carbons (Fsp3) is 0.520. The predicted molar refractivity (Wildman–Crippen MR) is 120 cm³/mol. The van der Waals surface area contributed by atoms with E-state index in [2.05, 4.69) is 76.9 Å². The largest absolute Gasteiger partial charge is 0.355 e. The molecule has 0 saturated heterocycles. The molecule has 0 atom stereocenters. The number of nitrogens with zero attached hydrogens (tertiary/aromatic N) is 1. The van der Waals surface area contributed by atoms with Crippen LogP contribution in [0.2, 0.25) is 0 Å². The second-order valence-electron chi connectivity index (χ2n) is 7.59. The molecule has 150 valence electrons. The van der Waals surface area contributed by atoms with Gasteiger partial charge in [0.2, 0.25) is 0 Å². The van der Waals surface area contributed by atoms with Crippen molar-refractivity contribution in [1.82, 2.24) is 5.32 Å². The van der Waals surface area contributed by atoms with Crippen molar-refractivity contribution >= 4 is 0 Å². The fourth-order valence-corrected chi connectivity index (χ4v) is 3.70. The summed E-state index contributed by atoms with van der Waals surface area (Å²) in [6, 6.07) is 8.97. The molecule has 0 fully saturated rings. The first kappa shape index (κ1) is 23.2. The van der Waals surface area contributed by atoms with Crippen molar-refractivity contribution in [3.63, 3.8) is 0 Å². The zero-order valence-electron chi connectivity index (χ0n) is 18.8. The van der Waals surface area contributed by atoms with E-state index >= 15 is 0 Å². The van der Waals surface area contributed by atoms with Crippen molar-refractivity contribution in [3.8, 4) is 0 Å². The molecule has 0 bridgehead atoms. The lowest BCUT2D eigenvalue weighted by Gasteiger charge is -2.38. The molecule has 1 N–H and O–H groups in total. The summed E-state index contributed by atoms with van der Waals surface area (Å²) in [5.41, 5.74) is 7.95. The Morgan fingerprint density at radius 2 is 1.63 bits per heavy atom. The molecule has 0 radical (unpaired) electrons. The van der Waals surface area contributed by atoms with Gasteiger partial charge < -0.3 is 9.80 Å². The van der Waals surface area contributed by atoms with Crippen molar-refractivity contribution in [2.45, 2.75) is 67.9 Å². The van der Waals surface area contributed by atoms with Crippen LogP contribution in [0.4, 0.5) is 0 Å². The van der Waals surface area contributed by atoms with E-state index in [0.29, 0.717) is 0 Å². The third kappa shape index (κ3) is 6.70. The maximum Gasteiger partial charge on any atom is 0.119 e. The van der Waals surface area contributed by atoms with Crippen LogP contribution in [0.5, 0.6) is 0 Å².